The number of H-pyrrole nitrogens is 1. The molecule has 190 valence electrons. The van der Waals surface area contributed by atoms with Crippen molar-refractivity contribution in [2.24, 2.45) is 0 Å². The predicted molar refractivity (Wildman–Crippen MR) is 127 cm³/mol. The first-order valence-electron chi connectivity index (χ1n) is 11.6. The van der Waals surface area contributed by atoms with Gasteiger partial charge in [-0.3, -0.25) is 9.59 Å². The molecule has 0 bridgehead atoms. The van der Waals surface area contributed by atoms with Gasteiger partial charge in [0.25, 0.3) is 5.56 Å². The van der Waals surface area contributed by atoms with Gasteiger partial charge in [0.1, 0.15) is 12.2 Å². The fraction of sp³-hybridized carbons (Fsp3) is 0.280. The molecule has 37 heavy (non-hydrogen) atoms. The van der Waals surface area contributed by atoms with Crippen LogP contribution in [0, 0.1) is 6.92 Å². The molecule has 1 aliphatic carbocycles. The second-order valence-corrected chi connectivity index (χ2v) is 9.03. The normalized spacial score (nSPS) is 15.8. The Morgan fingerprint density at radius 3 is 2.76 bits per heavy atom. The Bertz CT molecular complexity index is 1610. The van der Waals surface area contributed by atoms with Gasteiger partial charge in [0, 0.05) is 23.4 Å². The summed E-state index contributed by atoms with van der Waals surface area (Å²) in [5, 5.41) is 14.2. The van der Waals surface area contributed by atoms with Crippen LogP contribution in [0.15, 0.2) is 47.5 Å². The largest absolute Gasteiger partial charge is 0.586 e. The van der Waals surface area contributed by atoms with Gasteiger partial charge in [-0.25, -0.2) is 9.67 Å². The molecule has 1 fully saturated rings. The summed E-state index contributed by atoms with van der Waals surface area (Å²) in [6, 6.07) is 9.43. The van der Waals surface area contributed by atoms with Crippen molar-refractivity contribution in [3.05, 3.63) is 64.2 Å². The quantitative estimate of drug-likeness (QED) is 0.410. The number of amides is 1. The Labute approximate surface area is 208 Å². The van der Waals surface area contributed by atoms with Crippen molar-refractivity contribution in [3.8, 4) is 22.8 Å². The minimum atomic E-state index is -3.77. The Morgan fingerprint density at radius 2 is 2.00 bits per heavy atom. The van der Waals surface area contributed by atoms with E-state index in [2.05, 4.69) is 24.5 Å². The van der Waals surface area contributed by atoms with Crippen molar-refractivity contribution in [1.29, 1.82) is 0 Å². The van der Waals surface area contributed by atoms with Crippen molar-refractivity contribution in [2.45, 2.75) is 45.3 Å². The molecule has 1 aliphatic heterocycles. The van der Waals surface area contributed by atoms with Crippen LogP contribution in [0.25, 0.3) is 22.3 Å². The highest BCUT2D eigenvalue weighted by Gasteiger charge is 2.44. The third kappa shape index (κ3) is 4.08. The first-order chi connectivity index (χ1) is 17.7. The number of nitrogens with one attached hydrogen (secondary N) is 1. The van der Waals surface area contributed by atoms with Crippen molar-refractivity contribution in [2.75, 3.05) is 4.90 Å². The molecule has 1 saturated carbocycles. The van der Waals surface area contributed by atoms with E-state index in [1.54, 1.807) is 6.07 Å². The highest BCUT2D eigenvalue weighted by molar-refractivity contribution is 5.95. The number of aromatic nitrogens is 4. The molecule has 0 radical (unpaired) electrons. The fourth-order valence-electron chi connectivity index (χ4n) is 4.46. The lowest BCUT2D eigenvalue weighted by molar-refractivity contribution is -0.286. The number of alkyl halides is 2. The zero-order chi connectivity index (χ0) is 25.9. The van der Waals surface area contributed by atoms with Crippen molar-refractivity contribution in [3.63, 3.8) is 0 Å². The van der Waals surface area contributed by atoms with Crippen molar-refractivity contribution in [1.82, 2.24) is 19.7 Å². The summed E-state index contributed by atoms with van der Waals surface area (Å²) in [6.45, 7) is 1.31. The molecule has 2 aliphatic rings. The van der Waals surface area contributed by atoms with Gasteiger partial charge >= 0.3 is 6.29 Å². The number of aliphatic hydroxyl groups is 1. The van der Waals surface area contributed by atoms with Crippen LogP contribution in [0.1, 0.15) is 24.0 Å². The van der Waals surface area contributed by atoms with Gasteiger partial charge in [-0.05, 0) is 49.1 Å². The molecule has 2 aromatic heterocycles. The number of carbonyl (C=O) groups excluding carboxylic acids is 1. The molecule has 2 N–H and O–H groups in total. The molecular weight excluding hydrogens is 488 g/mol. The Kier molecular flexibility index (Phi) is 5.23. The molecule has 0 spiro atoms. The van der Waals surface area contributed by atoms with E-state index in [4.69, 9.17) is 0 Å². The number of fused-ring (bicyclic) bond motifs is 2. The number of rotatable bonds is 6. The molecular formula is C25H21F2N5O5. The average molecular weight is 509 g/mol. The smallest absolute Gasteiger partial charge is 0.395 e. The molecule has 4 aromatic rings. The fourth-order valence-corrected chi connectivity index (χ4v) is 4.46. The highest BCUT2D eigenvalue weighted by atomic mass is 19.3. The number of aryl methyl sites for hydroxylation is 1. The van der Waals surface area contributed by atoms with Crippen molar-refractivity contribution >= 4 is 22.6 Å². The summed E-state index contributed by atoms with van der Waals surface area (Å²) in [4.78, 5) is 35.2. The van der Waals surface area contributed by atoms with Gasteiger partial charge in [-0.1, -0.05) is 12.1 Å². The molecule has 3 heterocycles. The molecule has 1 amide bonds. The Hall–Kier alpha value is -4.32. The monoisotopic (exact) mass is 509 g/mol. The lowest BCUT2D eigenvalue weighted by Crippen LogP contribution is -2.39. The summed E-state index contributed by atoms with van der Waals surface area (Å²) in [6.07, 6.45) is -0.928. The third-order valence-corrected chi connectivity index (χ3v) is 6.46. The highest BCUT2D eigenvalue weighted by Crippen LogP contribution is 2.44. The second kappa shape index (κ2) is 8.37. The van der Waals surface area contributed by atoms with Crippen LogP contribution in [-0.4, -0.2) is 43.1 Å². The van der Waals surface area contributed by atoms with Gasteiger partial charge in [-0.15, -0.1) is 8.78 Å². The number of carbonyl (C=O) groups is 1. The number of nitrogens with zero attached hydrogens (tertiary/aromatic N) is 4. The van der Waals surface area contributed by atoms with Crippen molar-refractivity contribution < 1.29 is 28.2 Å². The van der Waals surface area contributed by atoms with Crippen LogP contribution >= 0.6 is 0 Å². The summed E-state index contributed by atoms with van der Waals surface area (Å²) >= 11 is 0. The molecule has 0 saturated heterocycles. The van der Waals surface area contributed by atoms with Gasteiger partial charge < -0.3 is 24.5 Å². The molecule has 2 aromatic carbocycles. The van der Waals surface area contributed by atoms with E-state index in [0.29, 0.717) is 28.0 Å². The van der Waals surface area contributed by atoms with Gasteiger partial charge in [0.2, 0.25) is 5.91 Å². The van der Waals surface area contributed by atoms with Gasteiger partial charge in [-0.2, -0.15) is 5.10 Å². The summed E-state index contributed by atoms with van der Waals surface area (Å²) in [5.74, 6) is -0.733. The number of ether oxygens (including phenoxy) is 2. The van der Waals surface area contributed by atoms with Crippen LogP contribution in [0.3, 0.4) is 0 Å². The number of aromatic amines is 1. The maximum Gasteiger partial charge on any atom is 0.586 e. The van der Waals surface area contributed by atoms with Crippen LogP contribution in [-0.2, 0) is 17.9 Å². The van der Waals surface area contributed by atoms with Crippen LogP contribution in [0.5, 0.6) is 11.5 Å². The Balaban J connectivity index is 1.37. The third-order valence-electron chi connectivity index (χ3n) is 6.46. The summed E-state index contributed by atoms with van der Waals surface area (Å²) < 4.78 is 37.0. The number of aliphatic hydroxyl groups excluding tert-OH is 1. The number of hydrogen-bond donors (Lipinski definition) is 2. The van der Waals surface area contributed by atoms with Crippen LogP contribution in [0.4, 0.5) is 14.5 Å². The molecule has 12 heteroatoms. The number of anilines is 1. The predicted octanol–water partition coefficient (Wildman–Crippen LogP) is 3.10. The maximum atomic E-state index is 13.5. The SMILES string of the molecule is Cc1ccc(-c2nn(CC(=O)N(c3ccc4c(c3)OC(F)(F)O4)C3CC3)c(=O)c3nc[nH]c23)cc1CO. The van der Waals surface area contributed by atoms with Crippen LogP contribution in [0.2, 0.25) is 0 Å². The van der Waals surface area contributed by atoms with E-state index < -0.39 is 24.3 Å². The van der Waals surface area contributed by atoms with E-state index >= 15 is 0 Å². The second-order valence-electron chi connectivity index (χ2n) is 9.03. The topological polar surface area (TPSA) is 123 Å². The number of imidazole rings is 1. The standard InChI is InChI=1S/C25H21F2N5O5/c1-13-2-3-14(8-15(13)11-33)21-22-23(29-12-28-22)24(35)31(30-21)10-20(34)32(16-4-5-16)17-6-7-18-19(9-17)37-25(26,27)36-18/h2-3,6-9,12,16,33H,4-5,10-11H2,1H3,(H,28,29). The summed E-state index contributed by atoms with van der Waals surface area (Å²) in [7, 11) is 0. The first-order valence-corrected chi connectivity index (χ1v) is 11.6. The summed E-state index contributed by atoms with van der Waals surface area (Å²) in [5.41, 5.74) is 2.98. The van der Waals surface area contributed by atoms with Gasteiger partial charge in [0.15, 0.2) is 17.0 Å². The van der Waals surface area contributed by atoms with Gasteiger partial charge in [0.05, 0.1) is 18.5 Å². The Morgan fingerprint density at radius 1 is 1.22 bits per heavy atom. The zero-order valence-corrected chi connectivity index (χ0v) is 19.6. The first kappa shape index (κ1) is 23.1. The van der Waals surface area contributed by atoms with E-state index in [9.17, 15) is 23.5 Å². The van der Waals surface area contributed by atoms with Crippen LogP contribution < -0.4 is 19.9 Å². The molecule has 10 nitrogen and oxygen atoms in total. The zero-order valence-electron chi connectivity index (χ0n) is 19.6. The molecule has 6 rings (SSSR count). The number of hydrogen-bond acceptors (Lipinski definition) is 7. The maximum absolute atomic E-state index is 13.5. The van der Waals surface area contributed by atoms with E-state index in [0.717, 1.165) is 23.1 Å². The van der Waals surface area contributed by atoms with E-state index in [1.807, 2.05) is 19.1 Å². The minimum Gasteiger partial charge on any atom is -0.395 e. The lowest BCUT2D eigenvalue weighted by Gasteiger charge is -2.23. The minimum absolute atomic E-state index is 0.118. The number of benzene rings is 2. The van der Waals surface area contributed by atoms with E-state index in [-0.39, 0.29) is 29.7 Å². The average Bonchev–Trinajstić information content (AvgIpc) is 3.45. The molecule has 0 unspecified atom stereocenters. The van der Waals surface area contributed by atoms with E-state index in [1.165, 1.54) is 29.4 Å². The number of halogens is 2. The molecule has 0 atom stereocenters. The lowest BCUT2D eigenvalue weighted by atomic mass is 10.0.